The molecule has 2 N–H and O–H groups in total. The van der Waals surface area contributed by atoms with Gasteiger partial charge in [-0.05, 0) is 25.1 Å². The lowest BCUT2D eigenvalue weighted by molar-refractivity contribution is 0.405. The van der Waals surface area contributed by atoms with Crippen molar-refractivity contribution in [3.8, 4) is 11.5 Å². The van der Waals surface area contributed by atoms with E-state index in [0.717, 1.165) is 0 Å². The molecule has 3 nitrogen and oxygen atoms in total. The Bertz CT molecular complexity index is 611. The van der Waals surface area contributed by atoms with E-state index in [1.165, 1.54) is 31.4 Å². The van der Waals surface area contributed by atoms with Crippen LogP contribution in [0.15, 0.2) is 36.4 Å². The molecule has 0 radical (unpaired) electrons. The van der Waals surface area contributed by atoms with E-state index in [1.807, 2.05) is 0 Å². The fourth-order valence-corrected chi connectivity index (χ4v) is 2.11. The number of benzene rings is 2. The van der Waals surface area contributed by atoms with Crippen molar-refractivity contribution in [2.24, 2.45) is 0 Å². The lowest BCUT2D eigenvalue weighted by atomic mass is 10.1. The van der Waals surface area contributed by atoms with E-state index in [4.69, 9.17) is 4.74 Å². The second kappa shape index (κ2) is 6.54. The Morgan fingerprint density at radius 1 is 1.19 bits per heavy atom. The molecule has 0 aliphatic carbocycles. The molecular weight excluding hydrogens is 276 g/mol. The van der Waals surface area contributed by atoms with Gasteiger partial charge in [-0.3, -0.25) is 0 Å². The SMILES string of the molecule is COc1ccc(CNC(C)c2c(F)cccc2F)c(O)c1. The number of rotatable bonds is 5. The van der Waals surface area contributed by atoms with Crippen LogP contribution in [0, 0.1) is 11.6 Å². The molecule has 0 aliphatic heterocycles. The Morgan fingerprint density at radius 3 is 2.43 bits per heavy atom. The molecule has 0 heterocycles. The van der Waals surface area contributed by atoms with Gasteiger partial charge in [0.2, 0.25) is 0 Å². The van der Waals surface area contributed by atoms with Gasteiger partial charge >= 0.3 is 0 Å². The van der Waals surface area contributed by atoms with Crippen molar-refractivity contribution in [1.82, 2.24) is 5.32 Å². The third-order valence-corrected chi connectivity index (χ3v) is 3.32. The summed E-state index contributed by atoms with van der Waals surface area (Å²) in [5.41, 5.74) is 0.616. The molecule has 21 heavy (non-hydrogen) atoms. The number of methoxy groups -OCH3 is 1. The molecule has 2 aromatic rings. The molecule has 1 atom stereocenters. The number of halogens is 2. The maximum absolute atomic E-state index is 13.7. The zero-order valence-corrected chi connectivity index (χ0v) is 11.9. The van der Waals surface area contributed by atoms with Gasteiger partial charge in [0, 0.05) is 29.8 Å². The summed E-state index contributed by atoms with van der Waals surface area (Å²) in [6, 6.07) is 8.16. The fourth-order valence-electron chi connectivity index (χ4n) is 2.11. The van der Waals surface area contributed by atoms with Gasteiger partial charge in [-0.15, -0.1) is 0 Å². The van der Waals surface area contributed by atoms with Crippen molar-refractivity contribution in [1.29, 1.82) is 0 Å². The van der Waals surface area contributed by atoms with Crippen LogP contribution in [0.1, 0.15) is 24.1 Å². The number of nitrogens with one attached hydrogen (secondary N) is 1. The lowest BCUT2D eigenvalue weighted by Gasteiger charge is -2.16. The van der Waals surface area contributed by atoms with E-state index in [9.17, 15) is 13.9 Å². The van der Waals surface area contributed by atoms with Gasteiger partial charge in [0.1, 0.15) is 23.1 Å². The van der Waals surface area contributed by atoms with Crippen molar-refractivity contribution < 1.29 is 18.6 Å². The first-order valence-corrected chi connectivity index (χ1v) is 6.56. The minimum Gasteiger partial charge on any atom is -0.507 e. The molecule has 5 heteroatoms. The molecular formula is C16H17F2NO2. The predicted molar refractivity (Wildman–Crippen MR) is 76.3 cm³/mol. The second-order valence-electron chi connectivity index (χ2n) is 4.73. The highest BCUT2D eigenvalue weighted by Gasteiger charge is 2.16. The molecule has 0 bridgehead atoms. The molecule has 0 spiro atoms. The standard InChI is InChI=1S/C16H17F2NO2/c1-10(16-13(17)4-3-5-14(16)18)19-9-11-6-7-12(21-2)8-15(11)20/h3-8,10,19-20H,9H2,1-2H3. The molecule has 0 saturated carbocycles. The van der Waals surface area contributed by atoms with Gasteiger partial charge in [0.15, 0.2) is 0 Å². The Kier molecular flexibility index (Phi) is 4.75. The first kappa shape index (κ1) is 15.3. The Hall–Kier alpha value is -2.14. The average molecular weight is 293 g/mol. The third kappa shape index (κ3) is 3.49. The Labute approximate surface area is 122 Å². The van der Waals surface area contributed by atoms with Crippen LogP contribution in [0.25, 0.3) is 0 Å². The van der Waals surface area contributed by atoms with Crippen molar-refractivity contribution in [3.63, 3.8) is 0 Å². The zero-order chi connectivity index (χ0) is 15.4. The normalized spacial score (nSPS) is 12.2. The van der Waals surface area contributed by atoms with E-state index in [-0.39, 0.29) is 17.9 Å². The lowest BCUT2D eigenvalue weighted by Crippen LogP contribution is -2.20. The molecule has 2 rings (SSSR count). The van der Waals surface area contributed by atoms with Crippen LogP contribution in [-0.2, 0) is 6.54 Å². The average Bonchev–Trinajstić information content (AvgIpc) is 2.45. The van der Waals surface area contributed by atoms with Crippen LogP contribution in [0.5, 0.6) is 11.5 Å². The molecule has 0 amide bonds. The number of aromatic hydroxyl groups is 1. The Balaban J connectivity index is 2.09. The molecule has 0 aromatic heterocycles. The smallest absolute Gasteiger partial charge is 0.130 e. The predicted octanol–water partition coefficient (Wildman–Crippen LogP) is 3.53. The van der Waals surface area contributed by atoms with Gasteiger partial charge in [0.05, 0.1) is 7.11 Å². The van der Waals surface area contributed by atoms with E-state index < -0.39 is 17.7 Å². The highest BCUT2D eigenvalue weighted by Crippen LogP contribution is 2.25. The summed E-state index contributed by atoms with van der Waals surface area (Å²) in [6.07, 6.45) is 0. The molecule has 0 aliphatic rings. The largest absolute Gasteiger partial charge is 0.507 e. The summed E-state index contributed by atoms with van der Waals surface area (Å²) in [5, 5.41) is 12.8. The maximum atomic E-state index is 13.7. The number of phenols is 1. The number of hydrogen-bond acceptors (Lipinski definition) is 3. The summed E-state index contributed by atoms with van der Waals surface area (Å²) in [6.45, 7) is 1.95. The van der Waals surface area contributed by atoms with Crippen LogP contribution in [0.2, 0.25) is 0 Å². The number of phenolic OH excluding ortho intramolecular Hbond substituents is 1. The molecule has 0 saturated heterocycles. The van der Waals surface area contributed by atoms with Gasteiger partial charge in [-0.2, -0.15) is 0 Å². The summed E-state index contributed by atoms with van der Waals surface area (Å²) >= 11 is 0. The minimum absolute atomic E-state index is 0.00879. The monoisotopic (exact) mass is 293 g/mol. The van der Waals surface area contributed by atoms with E-state index in [2.05, 4.69) is 5.32 Å². The van der Waals surface area contributed by atoms with Crippen LogP contribution >= 0.6 is 0 Å². The van der Waals surface area contributed by atoms with Crippen LogP contribution in [0.3, 0.4) is 0 Å². The van der Waals surface area contributed by atoms with E-state index in [0.29, 0.717) is 11.3 Å². The summed E-state index contributed by atoms with van der Waals surface area (Å²) in [4.78, 5) is 0. The van der Waals surface area contributed by atoms with Crippen molar-refractivity contribution in [2.45, 2.75) is 19.5 Å². The van der Waals surface area contributed by atoms with Gasteiger partial charge < -0.3 is 15.2 Å². The summed E-state index contributed by atoms with van der Waals surface area (Å²) in [7, 11) is 1.51. The first-order chi connectivity index (χ1) is 10.0. The second-order valence-corrected chi connectivity index (χ2v) is 4.73. The molecule has 112 valence electrons. The van der Waals surface area contributed by atoms with Crippen molar-refractivity contribution >= 4 is 0 Å². The molecule has 2 aromatic carbocycles. The van der Waals surface area contributed by atoms with Crippen LogP contribution in [0.4, 0.5) is 8.78 Å². The Morgan fingerprint density at radius 2 is 1.86 bits per heavy atom. The van der Waals surface area contributed by atoms with Gasteiger partial charge in [-0.1, -0.05) is 12.1 Å². The summed E-state index contributed by atoms with van der Waals surface area (Å²) in [5.74, 6) is -0.560. The quantitative estimate of drug-likeness (QED) is 0.886. The molecule has 1 unspecified atom stereocenters. The maximum Gasteiger partial charge on any atom is 0.130 e. The highest BCUT2D eigenvalue weighted by atomic mass is 19.1. The zero-order valence-electron chi connectivity index (χ0n) is 11.9. The van der Waals surface area contributed by atoms with Crippen LogP contribution in [-0.4, -0.2) is 12.2 Å². The highest BCUT2D eigenvalue weighted by molar-refractivity contribution is 5.39. The van der Waals surface area contributed by atoms with Crippen molar-refractivity contribution in [3.05, 3.63) is 59.2 Å². The number of ether oxygens (including phenoxy) is 1. The molecule has 0 fully saturated rings. The van der Waals surface area contributed by atoms with Crippen LogP contribution < -0.4 is 10.1 Å². The van der Waals surface area contributed by atoms with E-state index in [1.54, 1.807) is 19.1 Å². The topological polar surface area (TPSA) is 41.5 Å². The van der Waals surface area contributed by atoms with Gasteiger partial charge in [0.25, 0.3) is 0 Å². The third-order valence-electron chi connectivity index (χ3n) is 3.32. The minimum atomic E-state index is -0.589. The number of hydrogen-bond donors (Lipinski definition) is 2. The van der Waals surface area contributed by atoms with Crippen molar-refractivity contribution in [2.75, 3.05) is 7.11 Å². The summed E-state index contributed by atoms with van der Waals surface area (Å²) < 4.78 is 32.3. The first-order valence-electron chi connectivity index (χ1n) is 6.56. The van der Waals surface area contributed by atoms with E-state index >= 15 is 0 Å². The van der Waals surface area contributed by atoms with Gasteiger partial charge in [-0.25, -0.2) is 8.78 Å². The fraction of sp³-hybridized carbons (Fsp3) is 0.250.